The van der Waals surface area contributed by atoms with Crippen LogP contribution in [0, 0.1) is 6.57 Å². The first-order chi connectivity index (χ1) is 26.3. The SMILES string of the molecule is [C-]#[N+]c1ccccc1-n1c2ccccc2c2cccc(-c3cccc4c3oc3c(-c5cccc6c7ccccc7n(-c7ccccc7)c56)cccc34)c21. The molecule has 0 saturated heterocycles. The Kier molecular flexibility index (Phi) is 6.28. The molecule has 0 N–H and O–H groups in total. The van der Waals surface area contributed by atoms with Crippen molar-refractivity contribution in [3.8, 4) is 33.6 Å². The molecule has 3 aromatic heterocycles. The molecular formula is C49H29N3O. The maximum absolute atomic E-state index is 8.02. The van der Waals surface area contributed by atoms with Crippen LogP contribution in [0.15, 0.2) is 180 Å². The second-order valence-electron chi connectivity index (χ2n) is 13.5. The zero-order valence-electron chi connectivity index (χ0n) is 28.5. The highest BCUT2D eigenvalue weighted by molar-refractivity contribution is 6.20. The number of fused-ring (bicyclic) bond motifs is 9. The van der Waals surface area contributed by atoms with E-state index < -0.39 is 0 Å². The normalized spacial score (nSPS) is 11.8. The van der Waals surface area contributed by atoms with E-state index in [0.29, 0.717) is 5.69 Å². The first kappa shape index (κ1) is 29.4. The van der Waals surface area contributed by atoms with E-state index in [0.717, 1.165) is 82.9 Å². The van der Waals surface area contributed by atoms with E-state index in [-0.39, 0.29) is 0 Å². The molecular weight excluding hydrogens is 647 g/mol. The van der Waals surface area contributed by atoms with Gasteiger partial charge in [0.2, 0.25) is 5.69 Å². The molecule has 4 nitrogen and oxygen atoms in total. The van der Waals surface area contributed by atoms with Crippen molar-refractivity contribution in [2.24, 2.45) is 0 Å². The molecule has 8 aromatic carbocycles. The molecule has 246 valence electrons. The van der Waals surface area contributed by atoms with Crippen molar-refractivity contribution in [1.82, 2.24) is 9.13 Å². The Morgan fingerprint density at radius 2 is 0.830 bits per heavy atom. The lowest BCUT2D eigenvalue weighted by atomic mass is 9.98. The number of nitrogens with zero attached hydrogens (tertiary/aromatic N) is 3. The summed E-state index contributed by atoms with van der Waals surface area (Å²) in [4.78, 5) is 3.93. The summed E-state index contributed by atoms with van der Waals surface area (Å²) in [6.07, 6.45) is 0. The zero-order valence-corrected chi connectivity index (χ0v) is 28.5. The Labute approximate surface area is 304 Å². The molecule has 3 heterocycles. The van der Waals surface area contributed by atoms with Crippen LogP contribution in [0.4, 0.5) is 5.69 Å². The van der Waals surface area contributed by atoms with Gasteiger partial charge in [0.05, 0.1) is 34.3 Å². The van der Waals surface area contributed by atoms with E-state index in [9.17, 15) is 0 Å². The highest BCUT2D eigenvalue weighted by Gasteiger charge is 2.23. The highest BCUT2D eigenvalue weighted by atomic mass is 16.3. The number of para-hydroxylation sites is 9. The standard InChI is InChI=1S/C49H29N3O/c1-50-42-27-7-10-30-45(42)52-44-29-9-6-18-33(44)35-20-12-22-37(47(35)52)39-24-14-26-41-40-25-13-23-38(48(40)53-49(39)41)36-21-11-19-34-32-17-5-8-28-43(32)51(46(34)36)31-15-3-2-4-16-31/h2-30H. The number of rotatable bonds is 4. The van der Waals surface area contributed by atoms with Crippen LogP contribution in [0.5, 0.6) is 0 Å². The largest absolute Gasteiger partial charge is 0.455 e. The molecule has 0 aliphatic heterocycles. The Morgan fingerprint density at radius 3 is 1.43 bits per heavy atom. The van der Waals surface area contributed by atoms with E-state index in [4.69, 9.17) is 11.0 Å². The summed E-state index contributed by atoms with van der Waals surface area (Å²) in [5, 5.41) is 6.84. The molecule has 0 unspecified atom stereocenters. The van der Waals surface area contributed by atoms with Gasteiger partial charge in [-0.05, 0) is 30.3 Å². The molecule has 11 aromatic rings. The first-order valence-corrected chi connectivity index (χ1v) is 17.8. The van der Waals surface area contributed by atoms with E-state index in [1.54, 1.807) is 0 Å². The lowest BCUT2D eigenvalue weighted by Crippen LogP contribution is -1.95. The van der Waals surface area contributed by atoms with Crippen molar-refractivity contribution in [2.75, 3.05) is 0 Å². The molecule has 0 atom stereocenters. The Morgan fingerprint density at radius 1 is 0.377 bits per heavy atom. The number of benzene rings is 8. The minimum atomic E-state index is 0.610. The third-order valence-electron chi connectivity index (χ3n) is 10.8. The minimum Gasteiger partial charge on any atom is -0.455 e. The molecule has 53 heavy (non-hydrogen) atoms. The van der Waals surface area contributed by atoms with Crippen LogP contribution in [0.1, 0.15) is 0 Å². The molecule has 11 rings (SSSR count). The predicted octanol–water partition coefficient (Wildman–Crippen LogP) is 13.7. The summed E-state index contributed by atoms with van der Waals surface area (Å²) in [7, 11) is 0. The van der Waals surface area contributed by atoms with Crippen molar-refractivity contribution < 1.29 is 4.42 Å². The third-order valence-corrected chi connectivity index (χ3v) is 10.8. The third kappa shape index (κ3) is 4.16. The zero-order chi connectivity index (χ0) is 35.0. The summed E-state index contributed by atoms with van der Waals surface area (Å²) in [5.41, 5.74) is 13.0. The van der Waals surface area contributed by atoms with Gasteiger partial charge in [0.15, 0.2) is 0 Å². The Bertz CT molecular complexity index is 3300. The van der Waals surface area contributed by atoms with Gasteiger partial charge in [-0.3, -0.25) is 0 Å². The molecule has 0 spiro atoms. The maximum Gasteiger partial charge on any atom is 0.210 e. The van der Waals surface area contributed by atoms with Crippen LogP contribution in [-0.2, 0) is 0 Å². The average Bonchev–Trinajstić information content (AvgIpc) is 3.89. The van der Waals surface area contributed by atoms with Gasteiger partial charge in [-0.2, -0.15) is 0 Å². The summed E-state index contributed by atoms with van der Waals surface area (Å²) in [6.45, 7) is 8.02. The van der Waals surface area contributed by atoms with Crippen molar-refractivity contribution in [3.05, 3.63) is 187 Å². The van der Waals surface area contributed by atoms with Crippen LogP contribution < -0.4 is 0 Å². The molecule has 0 aliphatic rings. The molecule has 0 amide bonds. The monoisotopic (exact) mass is 675 g/mol. The van der Waals surface area contributed by atoms with E-state index in [1.807, 2.05) is 24.3 Å². The number of aromatic nitrogens is 2. The van der Waals surface area contributed by atoms with Gasteiger partial charge in [-0.25, -0.2) is 4.85 Å². The minimum absolute atomic E-state index is 0.610. The number of hydrogen-bond acceptors (Lipinski definition) is 1. The second-order valence-corrected chi connectivity index (χ2v) is 13.5. The van der Waals surface area contributed by atoms with E-state index in [1.165, 1.54) is 16.3 Å². The van der Waals surface area contributed by atoms with Crippen molar-refractivity contribution in [3.63, 3.8) is 0 Å². The Balaban J connectivity index is 1.22. The quantitative estimate of drug-likeness (QED) is 0.171. The lowest BCUT2D eigenvalue weighted by Gasteiger charge is -2.13. The predicted molar refractivity (Wildman–Crippen MR) is 220 cm³/mol. The highest BCUT2D eigenvalue weighted by Crippen LogP contribution is 2.46. The fraction of sp³-hybridized carbons (Fsp3) is 0. The fourth-order valence-corrected chi connectivity index (χ4v) is 8.56. The van der Waals surface area contributed by atoms with Gasteiger partial charge < -0.3 is 13.6 Å². The number of hydrogen-bond donors (Lipinski definition) is 0. The smallest absolute Gasteiger partial charge is 0.210 e. The summed E-state index contributed by atoms with van der Waals surface area (Å²) in [6, 6.07) is 61.6. The summed E-state index contributed by atoms with van der Waals surface area (Å²) >= 11 is 0. The van der Waals surface area contributed by atoms with E-state index in [2.05, 4.69) is 166 Å². The van der Waals surface area contributed by atoms with Crippen molar-refractivity contribution >= 4 is 71.2 Å². The maximum atomic E-state index is 8.02. The van der Waals surface area contributed by atoms with Crippen LogP contribution in [0.3, 0.4) is 0 Å². The lowest BCUT2D eigenvalue weighted by molar-refractivity contribution is 0.671. The number of furan rings is 1. The van der Waals surface area contributed by atoms with Crippen LogP contribution in [-0.4, -0.2) is 9.13 Å². The van der Waals surface area contributed by atoms with Crippen LogP contribution >= 0.6 is 0 Å². The van der Waals surface area contributed by atoms with Gasteiger partial charge in [0, 0.05) is 60.3 Å². The molecule has 0 aliphatic carbocycles. The van der Waals surface area contributed by atoms with Gasteiger partial charge in [0.25, 0.3) is 0 Å². The van der Waals surface area contributed by atoms with Crippen molar-refractivity contribution in [2.45, 2.75) is 0 Å². The Hall–Kier alpha value is -7.35. The molecule has 0 bridgehead atoms. The topological polar surface area (TPSA) is 27.4 Å². The van der Waals surface area contributed by atoms with Crippen LogP contribution in [0.25, 0.3) is 104 Å². The summed E-state index contributed by atoms with van der Waals surface area (Å²) in [5.74, 6) is 0. The van der Waals surface area contributed by atoms with Gasteiger partial charge in [-0.1, -0.05) is 146 Å². The average molecular weight is 676 g/mol. The van der Waals surface area contributed by atoms with Gasteiger partial charge in [-0.15, -0.1) is 0 Å². The molecule has 0 saturated carbocycles. The van der Waals surface area contributed by atoms with Gasteiger partial charge in [0.1, 0.15) is 11.2 Å². The second kappa shape index (κ2) is 11.3. The van der Waals surface area contributed by atoms with Crippen LogP contribution in [0.2, 0.25) is 0 Å². The van der Waals surface area contributed by atoms with Gasteiger partial charge >= 0.3 is 0 Å². The summed E-state index contributed by atoms with van der Waals surface area (Å²) < 4.78 is 11.8. The fourth-order valence-electron chi connectivity index (χ4n) is 8.56. The first-order valence-electron chi connectivity index (χ1n) is 17.8. The van der Waals surface area contributed by atoms with Crippen molar-refractivity contribution in [1.29, 1.82) is 0 Å². The molecule has 0 fully saturated rings. The molecule has 4 heteroatoms. The molecule has 0 radical (unpaired) electrons. The van der Waals surface area contributed by atoms with E-state index >= 15 is 0 Å².